The standard InChI is InChI=1S/C10H12FN5/c1-5-8(11)9(12)15-10(14-5)7-4-13-16(3)6(7)2/h4H,1-3H3,(H2,12,14,15). The van der Waals surface area contributed by atoms with Crippen LogP contribution in [0.1, 0.15) is 11.4 Å². The van der Waals surface area contributed by atoms with Gasteiger partial charge in [0.25, 0.3) is 0 Å². The zero-order chi connectivity index (χ0) is 11.9. The van der Waals surface area contributed by atoms with E-state index in [4.69, 9.17) is 5.73 Å². The van der Waals surface area contributed by atoms with Crippen LogP contribution in [-0.2, 0) is 7.05 Å². The normalized spacial score (nSPS) is 10.8. The van der Waals surface area contributed by atoms with Crippen molar-refractivity contribution in [3.63, 3.8) is 0 Å². The fraction of sp³-hybridized carbons (Fsp3) is 0.300. The molecule has 0 aliphatic carbocycles. The van der Waals surface area contributed by atoms with Crippen molar-refractivity contribution in [3.8, 4) is 11.4 Å². The number of halogens is 1. The molecule has 2 rings (SSSR count). The molecule has 0 atom stereocenters. The number of nitrogens with two attached hydrogens (primary N) is 1. The molecule has 16 heavy (non-hydrogen) atoms. The fourth-order valence-corrected chi connectivity index (χ4v) is 1.42. The van der Waals surface area contributed by atoms with Crippen LogP contribution in [0.3, 0.4) is 0 Å². The molecule has 0 saturated heterocycles. The van der Waals surface area contributed by atoms with Gasteiger partial charge in [-0.05, 0) is 13.8 Å². The van der Waals surface area contributed by atoms with Crippen LogP contribution in [0, 0.1) is 19.7 Å². The van der Waals surface area contributed by atoms with Crippen LogP contribution in [0.5, 0.6) is 0 Å². The van der Waals surface area contributed by atoms with Crippen molar-refractivity contribution >= 4 is 5.82 Å². The third-order valence-corrected chi connectivity index (χ3v) is 2.52. The first-order valence-electron chi connectivity index (χ1n) is 4.79. The maximum Gasteiger partial charge on any atom is 0.186 e. The third kappa shape index (κ3) is 1.52. The molecule has 2 aromatic rings. The molecule has 0 bridgehead atoms. The molecule has 0 spiro atoms. The predicted molar refractivity (Wildman–Crippen MR) is 58.1 cm³/mol. The molecule has 2 N–H and O–H groups in total. The second-order valence-electron chi connectivity index (χ2n) is 3.60. The number of aromatic nitrogens is 4. The number of hydrogen-bond acceptors (Lipinski definition) is 4. The van der Waals surface area contributed by atoms with Crippen molar-refractivity contribution in [2.45, 2.75) is 13.8 Å². The first-order chi connectivity index (χ1) is 7.50. The molecule has 0 saturated carbocycles. The second kappa shape index (κ2) is 3.55. The Labute approximate surface area is 92.1 Å². The maximum absolute atomic E-state index is 13.3. The van der Waals surface area contributed by atoms with Crippen molar-refractivity contribution in [2.24, 2.45) is 7.05 Å². The Morgan fingerprint density at radius 3 is 2.50 bits per heavy atom. The highest BCUT2D eigenvalue weighted by molar-refractivity contribution is 5.59. The predicted octanol–water partition coefficient (Wildman–Crippen LogP) is 1.22. The van der Waals surface area contributed by atoms with Crippen molar-refractivity contribution in [1.82, 2.24) is 19.7 Å². The fourth-order valence-electron chi connectivity index (χ4n) is 1.42. The topological polar surface area (TPSA) is 69.6 Å². The van der Waals surface area contributed by atoms with Crippen LogP contribution in [-0.4, -0.2) is 19.7 Å². The van der Waals surface area contributed by atoms with E-state index in [2.05, 4.69) is 15.1 Å². The molecule has 5 nitrogen and oxygen atoms in total. The van der Waals surface area contributed by atoms with E-state index >= 15 is 0 Å². The molecule has 6 heteroatoms. The lowest BCUT2D eigenvalue weighted by Gasteiger charge is -2.04. The van der Waals surface area contributed by atoms with Crippen LogP contribution in [0.4, 0.5) is 10.2 Å². The van der Waals surface area contributed by atoms with Gasteiger partial charge in [0.2, 0.25) is 0 Å². The van der Waals surface area contributed by atoms with Gasteiger partial charge in [-0.25, -0.2) is 14.4 Å². The van der Waals surface area contributed by atoms with Gasteiger partial charge in [-0.15, -0.1) is 0 Å². The van der Waals surface area contributed by atoms with E-state index in [0.29, 0.717) is 5.82 Å². The molecule has 0 aliphatic heterocycles. The summed E-state index contributed by atoms with van der Waals surface area (Å²) in [4.78, 5) is 7.97. The molecular formula is C10H12FN5. The van der Waals surface area contributed by atoms with Gasteiger partial charge in [0.15, 0.2) is 17.5 Å². The minimum Gasteiger partial charge on any atom is -0.381 e. The van der Waals surface area contributed by atoms with Crippen molar-refractivity contribution in [2.75, 3.05) is 5.73 Å². The summed E-state index contributed by atoms with van der Waals surface area (Å²) in [5, 5.41) is 4.08. The van der Waals surface area contributed by atoms with E-state index < -0.39 is 5.82 Å². The second-order valence-corrected chi connectivity index (χ2v) is 3.60. The number of anilines is 1. The highest BCUT2D eigenvalue weighted by atomic mass is 19.1. The monoisotopic (exact) mass is 221 g/mol. The highest BCUT2D eigenvalue weighted by Crippen LogP contribution is 2.21. The number of rotatable bonds is 1. The molecule has 84 valence electrons. The van der Waals surface area contributed by atoms with Gasteiger partial charge in [0.05, 0.1) is 17.5 Å². The van der Waals surface area contributed by atoms with E-state index in [1.54, 1.807) is 17.8 Å². The van der Waals surface area contributed by atoms with Crippen molar-refractivity contribution in [1.29, 1.82) is 0 Å². The van der Waals surface area contributed by atoms with Crippen LogP contribution >= 0.6 is 0 Å². The largest absolute Gasteiger partial charge is 0.381 e. The Hall–Kier alpha value is -1.98. The Morgan fingerprint density at radius 2 is 2.00 bits per heavy atom. The van der Waals surface area contributed by atoms with Gasteiger partial charge in [0, 0.05) is 12.7 Å². The number of nitrogen functional groups attached to an aromatic ring is 1. The SMILES string of the molecule is Cc1nc(-c2cnn(C)c2C)nc(N)c1F. The average Bonchev–Trinajstić information content (AvgIpc) is 2.56. The summed E-state index contributed by atoms with van der Waals surface area (Å²) in [6, 6.07) is 0. The van der Waals surface area contributed by atoms with Crippen LogP contribution < -0.4 is 5.73 Å². The first kappa shape index (κ1) is 10.5. The first-order valence-corrected chi connectivity index (χ1v) is 4.79. The molecule has 2 heterocycles. The Kier molecular flexibility index (Phi) is 2.34. The lowest BCUT2D eigenvalue weighted by molar-refractivity contribution is 0.608. The quantitative estimate of drug-likeness (QED) is 0.785. The van der Waals surface area contributed by atoms with Gasteiger partial charge in [-0.2, -0.15) is 5.10 Å². The molecule has 0 aliphatic rings. The summed E-state index contributed by atoms with van der Waals surface area (Å²) in [5.74, 6) is -0.293. The van der Waals surface area contributed by atoms with Gasteiger partial charge in [0.1, 0.15) is 0 Å². The molecule has 0 unspecified atom stereocenters. The van der Waals surface area contributed by atoms with Gasteiger partial charge in [-0.1, -0.05) is 0 Å². The molecular weight excluding hydrogens is 209 g/mol. The Balaban J connectivity index is 2.61. The summed E-state index contributed by atoms with van der Waals surface area (Å²) < 4.78 is 15.0. The van der Waals surface area contributed by atoms with E-state index in [-0.39, 0.29) is 11.5 Å². The minimum absolute atomic E-state index is 0.134. The van der Waals surface area contributed by atoms with E-state index in [0.717, 1.165) is 11.3 Å². The molecule has 0 aromatic carbocycles. The summed E-state index contributed by atoms with van der Waals surface area (Å²) in [6.07, 6.45) is 1.64. The third-order valence-electron chi connectivity index (χ3n) is 2.52. The Bertz CT molecular complexity index is 523. The number of aryl methyl sites for hydroxylation is 2. The molecule has 2 aromatic heterocycles. The highest BCUT2D eigenvalue weighted by Gasteiger charge is 2.13. The lowest BCUT2D eigenvalue weighted by Crippen LogP contribution is -2.03. The van der Waals surface area contributed by atoms with Crippen molar-refractivity contribution < 1.29 is 4.39 Å². The van der Waals surface area contributed by atoms with Gasteiger partial charge in [-0.3, -0.25) is 4.68 Å². The zero-order valence-corrected chi connectivity index (χ0v) is 9.32. The molecule has 0 fully saturated rings. The summed E-state index contributed by atoms with van der Waals surface area (Å²) >= 11 is 0. The summed E-state index contributed by atoms with van der Waals surface area (Å²) in [5.41, 5.74) is 7.37. The molecule has 0 radical (unpaired) electrons. The maximum atomic E-state index is 13.3. The summed E-state index contributed by atoms with van der Waals surface area (Å²) in [6.45, 7) is 3.45. The zero-order valence-electron chi connectivity index (χ0n) is 9.32. The van der Waals surface area contributed by atoms with E-state index in [1.165, 1.54) is 0 Å². The summed E-state index contributed by atoms with van der Waals surface area (Å²) in [7, 11) is 1.82. The van der Waals surface area contributed by atoms with Gasteiger partial charge < -0.3 is 5.73 Å². The lowest BCUT2D eigenvalue weighted by atomic mass is 10.2. The van der Waals surface area contributed by atoms with E-state index in [1.807, 2.05) is 14.0 Å². The molecule has 0 amide bonds. The minimum atomic E-state index is -0.565. The number of nitrogens with zero attached hydrogens (tertiary/aromatic N) is 4. The van der Waals surface area contributed by atoms with Crippen LogP contribution in [0.15, 0.2) is 6.20 Å². The van der Waals surface area contributed by atoms with Crippen LogP contribution in [0.2, 0.25) is 0 Å². The number of hydrogen-bond donors (Lipinski definition) is 1. The Morgan fingerprint density at radius 1 is 1.31 bits per heavy atom. The van der Waals surface area contributed by atoms with Gasteiger partial charge >= 0.3 is 0 Å². The van der Waals surface area contributed by atoms with Crippen molar-refractivity contribution in [3.05, 3.63) is 23.4 Å². The smallest absolute Gasteiger partial charge is 0.186 e. The average molecular weight is 221 g/mol. The van der Waals surface area contributed by atoms with E-state index in [9.17, 15) is 4.39 Å². The van der Waals surface area contributed by atoms with Crippen LogP contribution in [0.25, 0.3) is 11.4 Å².